The molecule has 2 fully saturated rings. The second-order valence-corrected chi connectivity index (χ2v) is 7.45. The van der Waals surface area contributed by atoms with E-state index in [0.29, 0.717) is 0 Å². The van der Waals surface area contributed by atoms with E-state index in [2.05, 4.69) is 37.6 Å². The molecule has 1 aliphatic heterocycles. The van der Waals surface area contributed by atoms with Crippen LogP contribution in [0.25, 0.3) is 0 Å². The molecule has 0 unspecified atom stereocenters. The molecule has 0 aromatic carbocycles. The van der Waals surface area contributed by atoms with Crippen LogP contribution in [0.3, 0.4) is 0 Å². The third-order valence-electron chi connectivity index (χ3n) is 4.04. The van der Waals surface area contributed by atoms with Gasteiger partial charge in [0.15, 0.2) is 0 Å². The van der Waals surface area contributed by atoms with Crippen LogP contribution in [0.5, 0.6) is 0 Å². The number of nitrogens with zero attached hydrogens (tertiary/aromatic N) is 1. The number of piperidine rings is 1. The van der Waals surface area contributed by atoms with Gasteiger partial charge < -0.3 is 5.32 Å². The first-order valence-electron chi connectivity index (χ1n) is 6.99. The molecule has 0 spiro atoms. The monoisotopic (exact) mass is 328 g/mol. The molecule has 1 N–H and O–H groups in total. The van der Waals surface area contributed by atoms with E-state index >= 15 is 0 Å². The highest BCUT2D eigenvalue weighted by Gasteiger charge is 2.24. The number of hydrogen-bond donors (Lipinski definition) is 1. The first-order chi connectivity index (χ1) is 8.81. The van der Waals surface area contributed by atoms with Crippen molar-refractivity contribution in [2.24, 2.45) is 5.92 Å². The molecule has 2 heterocycles. The lowest BCUT2D eigenvalue weighted by Gasteiger charge is -2.31. The molecule has 2 aliphatic rings. The number of rotatable bonds is 5. The highest BCUT2D eigenvalue weighted by Crippen LogP contribution is 2.27. The Bertz CT molecular complexity index is 381. The van der Waals surface area contributed by atoms with Crippen LogP contribution in [0.15, 0.2) is 15.9 Å². The van der Waals surface area contributed by atoms with Crippen LogP contribution in [0, 0.1) is 5.92 Å². The number of likely N-dealkylation sites (tertiary alicyclic amines) is 1. The first-order valence-corrected chi connectivity index (χ1v) is 8.66. The van der Waals surface area contributed by atoms with Crippen molar-refractivity contribution in [3.63, 3.8) is 0 Å². The zero-order chi connectivity index (χ0) is 12.4. The molecule has 2 nitrogen and oxygen atoms in total. The fraction of sp³-hybridized carbons (Fsp3) is 0.714. The van der Waals surface area contributed by atoms with E-state index < -0.39 is 0 Å². The van der Waals surface area contributed by atoms with Gasteiger partial charge >= 0.3 is 0 Å². The molecule has 0 atom stereocenters. The highest BCUT2D eigenvalue weighted by molar-refractivity contribution is 9.10. The van der Waals surface area contributed by atoms with Crippen LogP contribution in [0.2, 0.25) is 0 Å². The predicted molar refractivity (Wildman–Crippen MR) is 81.0 cm³/mol. The van der Waals surface area contributed by atoms with Gasteiger partial charge in [-0.15, -0.1) is 11.3 Å². The Balaban J connectivity index is 1.40. The van der Waals surface area contributed by atoms with Gasteiger partial charge in [0.25, 0.3) is 0 Å². The van der Waals surface area contributed by atoms with E-state index in [1.165, 1.54) is 54.7 Å². The molecule has 1 saturated carbocycles. The smallest absolute Gasteiger partial charge is 0.0339 e. The Hall–Kier alpha value is 0.1000. The molecule has 1 aromatic heterocycles. The van der Waals surface area contributed by atoms with Gasteiger partial charge in [-0.3, -0.25) is 4.90 Å². The molecule has 3 rings (SSSR count). The van der Waals surface area contributed by atoms with E-state index in [9.17, 15) is 0 Å². The number of halogens is 1. The van der Waals surface area contributed by atoms with Crippen LogP contribution in [0.1, 0.15) is 30.6 Å². The standard InChI is InChI=1S/C14H21BrN2S/c15-13-5-8-18-14(13)10-17-6-3-11(4-7-17)9-16-12-1-2-12/h5,8,11-12,16H,1-4,6-7,9-10H2. The molecular formula is C14H21BrN2S. The third kappa shape index (κ3) is 3.56. The summed E-state index contributed by atoms with van der Waals surface area (Å²) < 4.78 is 1.28. The summed E-state index contributed by atoms with van der Waals surface area (Å²) >= 11 is 5.49. The van der Waals surface area contributed by atoms with Crippen molar-refractivity contribution in [1.82, 2.24) is 10.2 Å². The number of thiophene rings is 1. The summed E-state index contributed by atoms with van der Waals surface area (Å²) in [6.07, 6.45) is 5.54. The summed E-state index contributed by atoms with van der Waals surface area (Å²) in [6, 6.07) is 3.02. The zero-order valence-corrected chi connectivity index (χ0v) is 13.1. The van der Waals surface area contributed by atoms with E-state index in [1.54, 1.807) is 0 Å². The molecule has 1 aliphatic carbocycles. The van der Waals surface area contributed by atoms with Gasteiger partial charge in [0, 0.05) is 21.9 Å². The van der Waals surface area contributed by atoms with E-state index in [0.717, 1.165) is 18.5 Å². The lowest BCUT2D eigenvalue weighted by Crippen LogP contribution is -2.37. The second kappa shape index (κ2) is 6.04. The highest BCUT2D eigenvalue weighted by atomic mass is 79.9. The van der Waals surface area contributed by atoms with Gasteiger partial charge in [-0.05, 0) is 78.6 Å². The van der Waals surface area contributed by atoms with Gasteiger partial charge in [0.2, 0.25) is 0 Å². The molecule has 4 heteroatoms. The zero-order valence-electron chi connectivity index (χ0n) is 10.7. The molecular weight excluding hydrogens is 308 g/mol. The third-order valence-corrected chi connectivity index (χ3v) is 5.95. The first kappa shape index (κ1) is 13.1. The second-order valence-electron chi connectivity index (χ2n) is 5.59. The van der Waals surface area contributed by atoms with Gasteiger partial charge in [-0.25, -0.2) is 0 Å². The van der Waals surface area contributed by atoms with Crippen LogP contribution >= 0.6 is 27.3 Å². The van der Waals surface area contributed by atoms with E-state index in [-0.39, 0.29) is 0 Å². The largest absolute Gasteiger partial charge is 0.314 e. The Morgan fingerprint density at radius 3 is 2.67 bits per heavy atom. The van der Waals surface area contributed by atoms with Crippen molar-refractivity contribution in [2.75, 3.05) is 19.6 Å². The van der Waals surface area contributed by atoms with E-state index in [4.69, 9.17) is 0 Å². The lowest BCUT2D eigenvalue weighted by molar-refractivity contribution is 0.176. The van der Waals surface area contributed by atoms with Gasteiger partial charge in [0.05, 0.1) is 0 Å². The summed E-state index contributed by atoms with van der Waals surface area (Å²) in [5, 5.41) is 5.84. The quantitative estimate of drug-likeness (QED) is 0.890. The van der Waals surface area contributed by atoms with Gasteiger partial charge in [0.1, 0.15) is 0 Å². The van der Waals surface area contributed by atoms with Crippen LogP contribution in [-0.4, -0.2) is 30.6 Å². The van der Waals surface area contributed by atoms with Crippen molar-refractivity contribution in [3.05, 3.63) is 20.8 Å². The summed E-state index contributed by atoms with van der Waals surface area (Å²) in [6.45, 7) is 4.91. The van der Waals surface area contributed by atoms with Crippen LogP contribution < -0.4 is 5.32 Å². The molecule has 0 amide bonds. The maximum atomic E-state index is 3.67. The van der Waals surface area contributed by atoms with Crippen molar-refractivity contribution in [3.8, 4) is 0 Å². The molecule has 100 valence electrons. The van der Waals surface area contributed by atoms with Crippen LogP contribution in [0.4, 0.5) is 0 Å². The summed E-state index contributed by atoms with van der Waals surface area (Å²) in [7, 11) is 0. The lowest BCUT2D eigenvalue weighted by atomic mass is 9.97. The average molecular weight is 329 g/mol. The van der Waals surface area contributed by atoms with E-state index in [1.807, 2.05) is 11.3 Å². The Kier molecular flexibility index (Phi) is 4.39. The minimum Gasteiger partial charge on any atom is -0.314 e. The average Bonchev–Trinajstić information content (AvgIpc) is 3.13. The minimum absolute atomic E-state index is 0.866. The van der Waals surface area contributed by atoms with Gasteiger partial charge in [-0.2, -0.15) is 0 Å². The molecule has 0 bridgehead atoms. The summed E-state index contributed by atoms with van der Waals surface area (Å²) in [5.41, 5.74) is 0. The minimum atomic E-state index is 0.866. The summed E-state index contributed by atoms with van der Waals surface area (Å²) in [5.74, 6) is 0.911. The summed E-state index contributed by atoms with van der Waals surface area (Å²) in [4.78, 5) is 4.08. The normalized spacial score (nSPS) is 22.5. The Morgan fingerprint density at radius 1 is 1.28 bits per heavy atom. The van der Waals surface area contributed by atoms with Crippen molar-refractivity contribution >= 4 is 27.3 Å². The molecule has 18 heavy (non-hydrogen) atoms. The fourth-order valence-electron chi connectivity index (χ4n) is 2.61. The Labute approximate surface area is 122 Å². The fourth-order valence-corrected chi connectivity index (χ4v) is 4.13. The SMILES string of the molecule is Brc1ccsc1CN1CCC(CNC2CC2)CC1. The maximum Gasteiger partial charge on any atom is 0.0339 e. The topological polar surface area (TPSA) is 15.3 Å². The Morgan fingerprint density at radius 2 is 2.06 bits per heavy atom. The van der Waals surface area contributed by atoms with Crippen molar-refractivity contribution < 1.29 is 0 Å². The molecule has 1 aromatic rings. The number of nitrogens with one attached hydrogen (secondary N) is 1. The maximum absolute atomic E-state index is 3.67. The number of hydrogen-bond acceptors (Lipinski definition) is 3. The predicted octanol–water partition coefficient (Wildman–Crippen LogP) is 3.47. The molecule has 1 saturated heterocycles. The molecule has 0 radical (unpaired) electrons. The van der Waals surface area contributed by atoms with Crippen molar-refractivity contribution in [1.29, 1.82) is 0 Å². The van der Waals surface area contributed by atoms with Crippen molar-refractivity contribution in [2.45, 2.75) is 38.3 Å². The van der Waals surface area contributed by atoms with Gasteiger partial charge in [-0.1, -0.05) is 0 Å². The van der Waals surface area contributed by atoms with Crippen LogP contribution in [-0.2, 0) is 6.54 Å².